The number of carbonyl (C=O) groups is 2. The van der Waals surface area contributed by atoms with Gasteiger partial charge in [-0.15, -0.1) is 0 Å². The molecule has 1 atom stereocenters. The van der Waals surface area contributed by atoms with Gasteiger partial charge < -0.3 is 15.7 Å². The van der Waals surface area contributed by atoms with Crippen molar-refractivity contribution in [3.63, 3.8) is 0 Å². The van der Waals surface area contributed by atoms with Crippen LogP contribution in [0.4, 0.5) is 0 Å². The molecule has 0 radical (unpaired) electrons. The Morgan fingerprint density at radius 3 is 2.89 bits per heavy atom. The third-order valence-electron chi connectivity index (χ3n) is 3.19. The second-order valence-electron chi connectivity index (χ2n) is 4.48. The molecule has 3 N–H and O–H groups in total. The fraction of sp³-hybridized carbons (Fsp3) is 0.385. The Labute approximate surface area is 105 Å². The van der Waals surface area contributed by atoms with E-state index >= 15 is 0 Å². The van der Waals surface area contributed by atoms with E-state index in [9.17, 15) is 14.7 Å². The van der Waals surface area contributed by atoms with Crippen LogP contribution in [0.2, 0.25) is 0 Å². The normalized spacial score (nSPS) is 15.6. The van der Waals surface area contributed by atoms with Gasteiger partial charge in [-0.2, -0.15) is 0 Å². The molecule has 5 nitrogen and oxygen atoms in total. The molecule has 0 aromatic heterocycles. The molecule has 5 heteroatoms. The fourth-order valence-corrected chi connectivity index (χ4v) is 2.31. The average molecular weight is 248 g/mol. The summed E-state index contributed by atoms with van der Waals surface area (Å²) in [6.07, 6.45) is 1.33. The first kappa shape index (κ1) is 12.4. The SMILES string of the molecule is CCCC(C(N)=O)N1Cc2cc(O)ccc2C1=O. The number of rotatable bonds is 4. The topological polar surface area (TPSA) is 83.6 Å². The molecule has 0 spiro atoms. The first-order valence-electron chi connectivity index (χ1n) is 5.96. The second-order valence-corrected chi connectivity index (χ2v) is 4.48. The van der Waals surface area contributed by atoms with Crippen LogP contribution in [0.5, 0.6) is 5.75 Å². The molecular weight excluding hydrogens is 232 g/mol. The number of hydrogen-bond donors (Lipinski definition) is 2. The van der Waals surface area contributed by atoms with Gasteiger partial charge in [0.05, 0.1) is 0 Å². The van der Waals surface area contributed by atoms with Gasteiger partial charge in [-0.3, -0.25) is 9.59 Å². The summed E-state index contributed by atoms with van der Waals surface area (Å²) in [5.74, 6) is -0.556. The van der Waals surface area contributed by atoms with E-state index in [0.29, 0.717) is 18.5 Å². The molecule has 1 heterocycles. The lowest BCUT2D eigenvalue weighted by molar-refractivity contribution is -0.122. The van der Waals surface area contributed by atoms with Gasteiger partial charge >= 0.3 is 0 Å². The number of phenols is 1. The van der Waals surface area contributed by atoms with Crippen molar-refractivity contribution < 1.29 is 14.7 Å². The molecule has 1 aliphatic rings. The van der Waals surface area contributed by atoms with Crippen molar-refractivity contribution in [3.8, 4) is 5.75 Å². The number of aromatic hydroxyl groups is 1. The lowest BCUT2D eigenvalue weighted by Gasteiger charge is -2.24. The van der Waals surface area contributed by atoms with Crippen molar-refractivity contribution >= 4 is 11.8 Å². The van der Waals surface area contributed by atoms with Crippen molar-refractivity contribution in [2.45, 2.75) is 32.4 Å². The van der Waals surface area contributed by atoms with Crippen LogP contribution in [0.3, 0.4) is 0 Å². The maximum Gasteiger partial charge on any atom is 0.255 e. The van der Waals surface area contributed by atoms with Crippen LogP contribution in [0, 0.1) is 0 Å². The Bertz CT molecular complexity index is 499. The number of benzene rings is 1. The van der Waals surface area contributed by atoms with E-state index in [1.807, 2.05) is 6.92 Å². The highest BCUT2D eigenvalue weighted by molar-refractivity contribution is 6.01. The molecule has 96 valence electrons. The summed E-state index contributed by atoms with van der Waals surface area (Å²) in [6, 6.07) is 4.03. The van der Waals surface area contributed by atoms with Gasteiger partial charge in [-0.1, -0.05) is 13.3 Å². The van der Waals surface area contributed by atoms with Gasteiger partial charge in [0.2, 0.25) is 5.91 Å². The van der Waals surface area contributed by atoms with Crippen molar-refractivity contribution in [1.82, 2.24) is 4.90 Å². The molecule has 0 bridgehead atoms. The molecule has 1 unspecified atom stereocenters. The Hall–Kier alpha value is -2.04. The number of phenolic OH excluding ortho intramolecular Hbond substituents is 1. The van der Waals surface area contributed by atoms with E-state index in [4.69, 9.17) is 5.73 Å². The molecule has 0 fully saturated rings. The minimum absolute atomic E-state index is 0.120. The van der Waals surface area contributed by atoms with E-state index < -0.39 is 11.9 Å². The van der Waals surface area contributed by atoms with Crippen LogP contribution < -0.4 is 5.73 Å². The lowest BCUT2D eigenvalue weighted by atomic mass is 10.1. The highest BCUT2D eigenvalue weighted by Crippen LogP contribution is 2.28. The highest BCUT2D eigenvalue weighted by atomic mass is 16.3. The van der Waals surface area contributed by atoms with Crippen LogP contribution in [0.25, 0.3) is 0 Å². The van der Waals surface area contributed by atoms with Crippen molar-refractivity contribution in [3.05, 3.63) is 29.3 Å². The average Bonchev–Trinajstić information content (AvgIpc) is 2.62. The van der Waals surface area contributed by atoms with Crippen LogP contribution in [0.15, 0.2) is 18.2 Å². The van der Waals surface area contributed by atoms with Crippen molar-refractivity contribution in [1.29, 1.82) is 0 Å². The maximum atomic E-state index is 12.2. The molecule has 0 aliphatic carbocycles. The standard InChI is InChI=1S/C13H16N2O3/c1-2-3-11(12(14)17)15-7-8-6-9(16)4-5-10(8)13(15)18/h4-6,11,16H,2-3,7H2,1H3,(H2,14,17). The smallest absolute Gasteiger partial charge is 0.255 e. The van der Waals surface area contributed by atoms with Gasteiger partial charge in [-0.25, -0.2) is 0 Å². The third kappa shape index (κ3) is 2.03. The molecular formula is C13H16N2O3. The van der Waals surface area contributed by atoms with Gasteiger partial charge in [-0.05, 0) is 30.2 Å². The van der Waals surface area contributed by atoms with Crippen molar-refractivity contribution in [2.24, 2.45) is 5.73 Å². The fourth-order valence-electron chi connectivity index (χ4n) is 2.31. The number of hydrogen-bond acceptors (Lipinski definition) is 3. The predicted molar refractivity (Wildman–Crippen MR) is 65.9 cm³/mol. The van der Waals surface area contributed by atoms with Crippen LogP contribution in [-0.4, -0.2) is 27.9 Å². The molecule has 18 heavy (non-hydrogen) atoms. The van der Waals surface area contributed by atoms with Crippen LogP contribution >= 0.6 is 0 Å². The van der Waals surface area contributed by atoms with E-state index in [0.717, 1.165) is 12.0 Å². The monoisotopic (exact) mass is 248 g/mol. The third-order valence-corrected chi connectivity index (χ3v) is 3.19. The summed E-state index contributed by atoms with van der Waals surface area (Å²) in [7, 11) is 0. The number of nitrogens with two attached hydrogens (primary N) is 1. The van der Waals surface area contributed by atoms with Gasteiger partial charge in [0.15, 0.2) is 0 Å². The number of amides is 2. The number of primary amides is 1. The zero-order chi connectivity index (χ0) is 13.3. The maximum absolute atomic E-state index is 12.2. The van der Waals surface area contributed by atoms with E-state index in [1.54, 1.807) is 12.1 Å². The van der Waals surface area contributed by atoms with Gasteiger partial charge in [0, 0.05) is 12.1 Å². The molecule has 1 aromatic carbocycles. The Morgan fingerprint density at radius 1 is 1.56 bits per heavy atom. The number of fused-ring (bicyclic) bond motifs is 1. The summed E-state index contributed by atoms with van der Waals surface area (Å²) >= 11 is 0. The summed E-state index contributed by atoms with van der Waals surface area (Å²) in [4.78, 5) is 25.1. The molecule has 0 saturated heterocycles. The second kappa shape index (κ2) is 4.68. The lowest BCUT2D eigenvalue weighted by Crippen LogP contribution is -2.44. The zero-order valence-corrected chi connectivity index (χ0v) is 10.2. The van der Waals surface area contributed by atoms with E-state index in [1.165, 1.54) is 11.0 Å². The van der Waals surface area contributed by atoms with E-state index in [2.05, 4.69) is 0 Å². The molecule has 2 rings (SSSR count). The quantitative estimate of drug-likeness (QED) is 0.833. The Morgan fingerprint density at radius 2 is 2.28 bits per heavy atom. The molecule has 1 aliphatic heterocycles. The predicted octanol–water partition coefficient (Wildman–Crippen LogP) is 1.00. The summed E-state index contributed by atoms with van der Waals surface area (Å²) in [5.41, 5.74) is 6.62. The minimum Gasteiger partial charge on any atom is -0.508 e. The largest absolute Gasteiger partial charge is 0.508 e. The molecule has 1 aromatic rings. The highest BCUT2D eigenvalue weighted by Gasteiger charge is 2.34. The van der Waals surface area contributed by atoms with Crippen molar-refractivity contribution in [2.75, 3.05) is 0 Å². The summed E-state index contributed by atoms with van der Waals surface area (Å²) < 4.78 is 0. The van der Waals surface area contributed by atoms with Crippen LogP contribution in [-0.2, 0) is 11.3 Å². The number of nitrogens with zero attached hydrogens (tertiary/aromatic N) is 1. The van der Waals surface area contributed by atoms with Crippen LogP contribution in [0.1, 0.15) is 35.7 Å². The number of carbonyl (C=O) groups excluding carboxylic acids is 2. The van der Waals surface area contributed by atoms with E-state index in [-0.39, 0.29) is 11.7 Å². The first-order chi connectivity index (χ1) is 8.54. The van der Waals surface area contributed by atoms with Gasteiger partial charge in [0.1, 0.15) is 11.8 Å². The van der Waals surface area contributed by atoms with Gasteiger partial charge in [0.25, 0.3) is 5.91 Å². The molecule has 2 amide bonds. The Balaban J connectivity index is 2.29. The first-order valence-corrected chi connectivity index (χ1v) is 5.96. The minimum atomic E-state index is -0.572. The summed E-state index contributed by atoms with van der Waals surface area (Å²) in [5, 5.41) is 9.40. The Kier molecular flexibility index (Phi) is 3.23. The zero-order valence-electron chi connectivity index (χ0n) is 10.2. The molecule has 0 saturated carbocycles. The summed E-state index contributed by atoms with van der Waals surface area (Å²) in [6.45, 7) is 2.27.